The smallest absolute Gasteiger partial charge is 0.220 e. The van der Waals surface area contributed by atoms with Crippen LogP contribution in [0, 0.1) is 13.8 Å². The summed E-state index contributed by atoms with van der Waals surface area (Å²) in [5.74, 6) is 0.143. The molecule has 1 aliphatic heterocycles. The first-order valence-corrected chi connectivity index (χ1v) is 7.55. The normalized spacial score (nSPS) is 20.1. The van der Waals surface area contributed by atoms with Gasteiger partial charge in [0.2, 0.25) is 5.91 Å². The molecular weight excluding hydrogens is 252 g/mol. The summed E-state index contributed by atoms with van der Waals surface area (Å²) in [6.07, 6.45) is 5.39. The summed E-state index contributed by atoms with van der Waals surface area (Å²) in [7, 11) is 2.17. The van der Waals surface area contributed by atoms with Crippen LogP contribution in [0.2, 0.25) is 0 Å². The third-order valence-corrected chi connectivity index (χ3v) is 4.37. The largest absolute Gasteiger partial charge is 0.352 e. The Hall–Kier alpha value is -1.36. The Morgan fingerprint density at radius 2 is 2.25 bits per heavy atom. The van der Waals surface area contributed by atoms with Gasteiger partial charge in [0.1, 0.15) is 0 Å². The number of H-pyrrole nitrogens is 1. The quantitative estimate of drug-likeness (QED) is 0.865. The number of hydrogen-bond acceptors (Lipinski definition) is 3. The standard InChI is InChI=1S/C15H26N4O/c1-11-14(12(2)18-17-11)10-16-15(20)8-7-13-6-4-5-9-19(13)3/h13H,4-10H2,1-3H3,(H,16,20)(H,17,18)/t13-/m1/s1. The van der Waals surface area contributed by atoms with E-state index in [1.165, 1.54) is 25.8 Å². The molecule has 1 atom stereocenters. The van der Waals surface area contributed by atoms with E-state index in [0.29, 0.717) is 19.0 Å². The number of nitrogens with zero attached hydrogens (tertiary/aromatic N) is 2. The van der Waals surface area contributed by atoms with E-state index in [9.17, 15) is 4.79 Å². The molecule has 5 heteroatoms. The molecule has 5 nitrogen and oxygen atoms in total. The Morgan fingerprint density at radius 1 is 1.45 bits per heavy atom. The van der Waals surface area contributed by atoms with Gasteiger partial charge in [-0.3, -0.25) is 9.89 Å². The number of piperidine rings is 1. The highest BCUT2D eigenvalue weighted by Gasteiger charge is 2.19. The molecule has 1 aromatic rings. The van der Waals surface area contributed by atoms with E-state index in [1.54, 1.807) is 0 Å². The highest BCUT2D eigenvalue weighted by atomic mass is 16.1. The summed E-state index contributed by atoms with van der Waals surface area (Å²) in [6, 6.07) is 0.576. The van der Waals surface area contributed by atoms with Crippen LogP contribution in [0.25, 0.3) is 0 Å². The minimum absolute atomic E-state index is 0.143. The van der Waals surface area contributed by atoms with Gasteiger partial charge in [-0.05, 0) is 46.7 Å². The topological polar surface area (TPSA) is 61.0 Å². The summed E-state index contributed by atoms with van der Waals surface area (Å²) in [5.41, 5.74) is 3.11. The maximum Gasteiger partial charge on any atom is 0.220 e. The van der Waals surface area contributed by atoms with E-state index >= 15 is 0 Å². The number of rotatable bonds is 5. The fraction of sp³-hybridized carbons (Fsp3) is 0.733. The van der Waals surface area contributed by atoms with Crippen molar-refractivity contribution in [1.82, 2.24) is 20.4 Å². The molecule has 1 saturated heterocycles. The minimum Gasteiger partial charge on any atom is -0.352 e. The van der Waals surface area contributed by atoms with Crippen molar-refractivity contribution < 1.29 is 4.79 Å². The molecule has 0 saturated carbocycles. The average Bonchev–Trinajstić information content (AvgIpc) is 2.75. The Labute approximate surface area is 121 Å². The van der Waals surface area contributed by atoms with Gasteiger partial charge < -0.3 is 10.2 Å². The summed E-state index contributed by atoms with van der Waals surface area (Å²) in [4.78, 5) is 14.3. The lowest BCUT2D eigenvalue weighted by molar-refractivity contribution is -0.121. The number of likely N-dealkylation sites (tertiary alicyclic amines) is 1. The molecule has 1 fully saturated rings. The van der Waals surface area contributed by atoms with Gasteiger partial charge in [-0.1, -0.05) is 6.42 Å². The number of aromatic nitrogens is 2. The number of aromatic amines is 1. The molecule has 1 aliphatic rings. The first-order chi connectivity index (χ1) is 9.58. The molecule has 2 N–H and O–H groups in total. The predicted molar refractivity (Wildman–Crippen MR) is 79.4 cm³/mol. The van der Waals surface area contributed by atoms with Gasteiger partial charge >= 0.3 is 0 Å². The molecule has 2 rings (SSSR count). The van der Waals surface area contributed by atoms with Crippen LogP contribution in [-0.4, -0.2) is 40.6 Å². The monoisotopic (exact) mass is 278 g/mol. The second kappa shape index (κ2) is 6.88. The van der Waals surface area contributed by atoms with Gasteiger partial charge in [-0.15, -0.1) is 0 Å². The highest BCUT2D eigenvalue weighted by Crippen LogP contribution is 2.19. The Balaban J connectivity index is 1.73. The minimum atomic E-state index is 0.143. The van der Waals surface area contributed by atoms with Crippen LogP contribution in [-0.2, 0) is 11.3 Å². The first-order valence-electron chi connectivity index (χ1n) is 7.55. The number of hydrogen-bond donors (Lipinski definition) is 2. The molecule has 1 aromatic heterocycles. The average molecular weight is 278 g/mol. The van der Waals surface area contributed by atoms with Crippen molar-refractivity contribution in [3.8, 4) is 0 Å². The molecule has 20 heavy (non-hydrogen) atoms. The summed E-state index contributed by atoms with van der Waals surface area (Å²) in [6.45, 7) is 5.69. The van der Waals surface area contributed by atoms with E-state index in [4.69, 9.17) is 0 Å². The van der Waals surface area contributed by atoms with E-state index in [2.05, 4.69) is 27.5 Å². The molecule has 1 amide bonds. The predicted octanol–water partition coefficient (Wildman–Crippen LogP) is 1.91. The van der Waals surface area contributed by atoms with Crippen molar-refractivity contribution in [2.75, 3.05) is 13.6 Å². The van der Waals surface area contributed by atoms with Crippen molar-refractivity contribution in [1.29, 1.82) is 0 Å². The molecule has 2 heterocycles. The number of amides is 1. The van der Waals surface area contributed by atoms with Crippen molar-refractivity contribution in [2.24, 2.45) is 0 Å². The van der Waals surface area contributed by atoms with Crippen LogP contribution in [0.1, 0.15) is 49.1 Å². The molecular formula is C15H26N4O. The number of carbonyl (C=O) groups excluding carboxylic acids is 1. The van der Waals surface area contributed by atoms with E-state index in [-0.39, 0.29) is 5.91 Å². The molecule has 112 valence electrons. The van der Waals surface area contributed by atoms with Gasteiger partial charge in [0.05, 0.1) is 5.69 Å². The van der Waals surface area contributed by atoms with Crippen LogP contribution in [0.4, 0.5) is 0 Å². The fourth-order valence-electron chi connectivity index (χ4n) is 2.92. The Morgan fingerprint density at radius 3 is 2.90 bits per heavy atom. The molecule has 0 bridgehead atoms. The summed E-state index contributed by atoms with van der Waals surface area (Å²) in [5, 5.41) is 10.1. The number of nitrogens with one attached hydrogen (secondary N) is 2. The van der Waals surface area contributed by atoms with Crippen LogP contribution >= 0.6 is 0 Å². The second-order valence-electron chi connectivity index (χ2n) is 5.86. The maximum absolute atomic E-state index is 11.9. The van der Waals surface area contributed by atoms with E-state index in [0.717, 1.165) is 23.4 Å². The molecule has 0 unspecified atom stereocenters. The molecule has 0 spiro atoms. The lowest BCUT2D eigenvalue weighted by Gasteiger charge is -2.32. The summed E-state index contributed by atoms with van der Waals surface area (Å²) < 4.78 is 0. The molecule has 0 aliphatic carbocycles. The van der Waals surface area contributed by atoms with Gasteiger partial charge in [0, 0.05) is 30.3 Å². The third kappa shape index (κ3) is 3.82. The fourth-order valence-corrected chi connectivity index (χ4v) is 2.92. The lowest BCUT2D eigenvalue weighted by Crippen LogP contribution is -2.37. The zero-order valence-corrected chi connectivity index (χ0v) is 12.8. The van der Waals surface area contributed by atoms with Crippen molar-refractivity contribution in [3.05, 3.63) is 17.0 Å². The highest BCUT2D eigenvalue weighted by molar-refractivity contribution is 5.75. The Kier molecular flexibility index (Phi) is 5.17. The van der Waals surface area contributed by atoms with Gasteiger partial charge in [-0.25, -0.2) is 0 Å². The Bertz CT molecular complexity index is 435. The van der Waals surface area contributed by atoms with Crippen LogP contribution in [0.3, 0.4) is 0 Å². The van der Waals surface area contributed by atoms with Crippen molar-refractivity contribution in [2.45, 2.75) is 58.5 Å². The number of carbonyl (C=O) groups is 1. The van der Waals surface area contributed by atoms with Gasteiger partial charge in [-0.2, -0.15) is 5.10 Å². The SMILES string of the molecule is Cc1n[nH]c(C)c1CNC(=O)CC[C@H]1CCCCN1C. The van der Waals surface area contributed by atoms with E-state index < -0.39 is 0 Å². The van der Waals surface area contributed by atoms with Crippen LogP contribution < -0.4 is 5.32 Å². The third-order valence-electron chi connectivity index (χ3n) is 4.37. The molecule has 0 radical (unpaired) electrons. The zero-order chi connectivity index (χ0) is 14.5. The van der Waals surface area contributed by atoms with Crippen molar-refractivity contribution >= 4 is 5.91 Å². The van der Waals surface area contributed by atoms with Crippen molar-refractivity contribution in [3.63, 3.8) is 0 Å². The second-order valence-corrected chi connectivity index (χ2v) is 5.86. The lowest BCUT2D eigenvalue weighted by atomic mass is 9.98. The van der Waals surface area contributed by atoms with Gasteiger partial charge in [0.15, 0.2) is 0 Å². The molecule has 0 aromatic carbocycles. The zero-order valence-electron chi connectivity index (χ0n) is 12.8. The van der Waals surface area contributed by atoms with Gasteiger partial charge in [0.25, 0.3) is 0 Å². The van der Waals surface area contributed by atoms with Crippen LogP contribution in [0.15, 0.2) is 0 Å². The summed E-state index contributed by atoms with van der Waals surface area (Å²) >= 11 is 0. The van der Waals surface area contributed by atoms with E-state index in [1.807, 2.05) is 13.8 Å². The number of aryl methyl sites for hydroxylation is 2. The maximum atomic E-state index is 11.9. The van der Waals surface area contributed by atoms with Crippen LogP contribution in [0.5, 0.6) is 0 Å². The first kappa shape index (κ1) is 15.0.